The molecule has 19 heavy (non-hydrogen) atoms. The highest BCUT2D eigenvalue weighted by atomic mass is 15.1. The number of hydrogen-bond acceptors (Lipinski definition) is 1. The molecule has 1 aliphatic heterocycles. The van der Waals surface area contributed by atoms with Crippen LogP contribution in [0.2, 0.25) is 0 Å². The Kier molecular flexibility index (Phi) is 3.72. The fraction of sp³-hybridized carbons (Fsp3) is 0.444. The molecule has 1 aromatic carbocycles. The van der Waals surface area contributed by atoms with Gasteiger partial charge in [-0.05, 0) is 62.3 Å². The third-order valence-corrected chi connectivity index (χ3v) is 4.24. The highest BCUT2D eigenvalue weighted by molar-refractivity contribution is 5.70. The molecule has 2 aliphatic rings. The molecule has 1 fully saturated rings. The van der Waals surface area contributed by atoms with Gasteiger partial charge in [0.2, 0.25) is 0 Å². The van der Waals surface area contributed by atoms with Crippen molar-refractivity contribution in [2.24, 2.45) is 0 Å². The first-order valence-electron chi connectivity index (χ1n) is 7.56. The summed E-state index contributed by atoms with van der Waals surface area (Å²) >= 11 is 0. The Labute approximate surface area is 116 Å². The number of nitrogens with zero attached hydrogens (tertiary/aromatic N) is 1. The maximum atomic E-state index is 2.52. The van der Waals surface area contributed by atoms with Crippen LogP contribution in [0.3, 0.4) is 0 Å². The molecular weight excluding hydrogens is 230 g/mol. The number of hydrogen-bond donors (Lipinski definition) is 0. The zero-order valence-electron chi connectivity index (χ0n) is 11.9. The lowest BCUT2D eigenvalue weighted by Crippen LogP contribution is -2.29. The van der Waals surface area contributed by atoms with Crippen molar-refractivity contribution in [2.45, 2.75) is 39.0 Å². The van der Waals surface area contributed by atoms with Crippen LogP contribution in [0.4, 0.5) is 5.69 Å². The molecule has 1 aliphatic carbocycles. The molecule has 0 N–H and O–H groups in total. The normalized spacial score (nSPS) is 19.9. The Bertz CT molecular complexity index is 487. The highest BCUT2D eigenvalue weighted by Crippen LogP contribution is 2.28. The van der Waals surface area contributed by atoms with Crippen molar-refractivity contribution < 1.29 is 0 Å². The second-order valence-corrected chi connectivity index (χ2v) is 5.75. The first-order chi connectivity index (χ1) is 9.33. The predicted molar refractivity (Wildman–Crippen MR) is 83.5 cm³/mol. The van der Waals surface area contributed by atoms with E-state index in [9.17, 15) is 0 Å². The van der Waals surface area contributed by atoms with Crippen molar-refractivity contribution in [1.29, 1.82) is 0 Å². The second-order valence-electron chi connectivity index (χ2n) is 5.75. The Morgan fingerprint density at radius 1 is 0.947 bits per heavy atom. The number of allylic oxidation sites excluding steroid dienone is 4. The van der Waals surface area contributed by atoms with Crippen molar-refractivity contribution in [2.75, 3.05) is 18.0 Å². The van der Waals surface area contributed by atoms with Crippen LogP contribution in [0.5, 0.6) is 0 Å². The summed E-state index contributed by atoms with van der Waals surface area (Å²) in [6.45, 7) is 4.65. The van der Waals surface area contributed by atoms with Gasteiger partial charge in [0.05, 0.1) is 0 Å². The Hall–Kier alpha value is -1.50. The molecule has 1 saturated heterocycles. The van der Waals surface area contributed by atoms with Gasteiger partial charge in [-0.15, -0.1) is 0 Å². The van der Waals surface area contributed by atoms with Gasteiger partial charge in [0.25, 0.3) is 0 Å². The lowest BCUT2D eigenvalue weighted by atomic mass is 9.94. The van der Waals surface area contributed by atoms with Gasteiger partial charge < -0.3 is 4.90 Å². The smallest absolute Gasteiger partial charge is 0.0366 e. The van der Waals surface area contributed by atoms with E-state index in [1.165, 1.54) is 67.6 Å². The van der Waals surface area contributed by atoms with E-state index in [1.807, 2.05) is 0 Å². The number of anilines is 1. The third kappa shape index (κ3) is 2.91. The molecule has 100 valence electrons. The van der Waals surface area contributed by atoms with Gasteiger partial charge in [-0.1, -0.05) is 29.9 Å². The molecule has 1 aromatic rings. The average Bonchev–Trinajstić information content (AvgIpc) is 2.48. The molecule has 0 saturated carbocycles. The maximum absolute atomic E-state index is 2.52. The molecule has 0 amide bonds. The first kappa shape index (κ1) is 12.5. The number of rotatable bonds is 2. The van der Waals surface area contributed by atoms with Gasteiger partial charge >= 0.3 is 0 Å². The largest absolute Gasteiger partial charge is 0.372 e. The van der Waals surface area contributed by atoms with E-state index in [0.717, 1.165) is 0 Å². The van der Waals surface area contributed by atoms with Crippen LogP contribution in [0.1, 0.15) is 44.6 Å². The second kappa shape index (κ2) is 5.64. The van der Waals surface area contributed by atoms with Crippen LogP contribution in [0, 0.1) is 0 Å². The van der Waals surface area contributed by atoms with Crippen molar-refractivity contribution in [1.82, 2.24) is 0 Å². The molecule has 0 aromatic heterocycles. The number of piperidine rings is 1. The molecular formula is C18H23N. The molecule has 0 spiro atoms. The lowest BCUT2D eigenvalue weighted by molar-refractivity contribution is 0.578. The molecule has 0 bridgehead atoms. The topological polar surface area (TPSA) is 3.24 Å². The summed E-state index contributed by atoms with van der Waals surface area (Å²) in [6, 6.07) is 9.20. The van der Waals surface area contributed by atoms with E-state index in [2.05, 4.69) is 48.2 Å². The van der Waals surface area contributed by atoms with E-state index >= 15 is 0 Å². The number of benzene rings is 1. The van der Waals surface area contributed by atoms with Crippen LogP contribution in [-0.4, -0.2) is 13.1 Å². The molecule has 0 unspecified atom stereocenters. The molecule has 1 heterocycles. The van der Waals surface area contributed by atoms with Crippen molar-refractivity contribution in [3.8, 4) is 0 Å². The van der Waals surface area contributed by atoms with Gasteiger partial charge in [0.1, 0.15) is 0 Å². The van der Waals surface area contributed by atoms with E-state index in [0.29, 0.717) is 0 Å². The highest BCUT2D eigenvalue weighted by Gasteiger charge is 2.11. The Morgan fingerprint density at radius 2 is 1.68 bits per heavy atom. The van der Waals surface area contributed by atoms with E-state index in [-0.39, 0.29) is 0 Å². The van der Waals surface area contributed by atoms with Crippen LogP contribution in [0.15, 0.2) is 42.0 Å². The van der Waals surface area contributed by atoms with Crippen LogP contribution in [0.25, 0.3) is 5.57 Å². The molecule has 1 nitrogen and oxygen atoms in total. The third-order valence-electron chi connectivity index (χ3n) is 4.24. The lowest BCUT2D eigenvalue weighted by Gasteiger charge is -2.29. The minimum absolute atomic E-state index is 1.18. The Morgan fingerprint density at radius 3 is 2.37 bits per heavy atom. The summed E-state index contributed by atoms with van der Waals surface area (Å²) in [5, 5.41) is 0. The van der Waals surface area contributed by atoms with Gasteiger partial charge in [-0.25, -0.2) is 0 Å². The SMILES string of the molecule is CC1=CCCC(c2ccc(N3CCCCC3)cc2)=C1. The fourth-order valence-electron chi connectivity index (χ4n) is 3.13. The van der Waals surface area contributed by atoms with Gasteiger partial charge in [-0.3, -0.25) is 0 Å². The summed E-state index contributed by atoms with van der Waals surface area (Å²) in [7, 11) is 0. The van der Waals surface area contributed by atoms with Crippen molar-refractivity contribution in [3.63, 3.8) is 0 Å². The average molecular weight is 253 g/mol. The van der Waals surface area contributed by atoms with Gasteiger partial charge in [-0.2, -0.15) is 0 Å². The summed E-state index contributed by atoms with van der Waals surface area (Å²) in [6.07, 6.45) is 11.1. The van der Waals surface area contributed by atoms with Crippen molar-refractivity contribution >= 4 is 11.3 Å². The first-order valence-corrected chi connectivity index (χ1v) is 7.56. The zero-order chi connectivity index (χ0) is 13.1. The standard InChI is InChI=1S/C18H23N/c1-15-6-5-7-17(14-15)16-8-10-18(11-9-16)19-12-3-2-4-13-19/h6,8-11,14H,2-5,7,12-13H2,1H3. The molecule has 1 heteroatoms. The summed E-state index contributed by atoms with van der Waals surface area (Å²) in [4.78, 5) is 2.52. The maximum Gasteiger partial charge on any atom is 0.0366 e. The van der Waals surface area contributed by atoms with E-state index in [4.69, 9.17) is 0 Å². The quantitative estimate of drug-likeness (QED) is 0.731. The van der Waals surface area contributed by atoms with Crippen LogP contribution in [-0.2, 0) is 0 Å². The summed E-state index contributed by atoms with van der Waals surface area (Å²) in [5.41, 5.74) is 5.69. The molecule has 0 radical (unpaired) electrons. The van der Waals surface area contributed by atoms with Crippen molar-refractivity contribution in [3.05, 3.63) is 47.6 Å². The van der Waals surface area contributed by atoms with Crippen LogP contribution < -0.4 is 4.90 Å². The Balaban J connectivity index is 1.77. The minimum atomic E-state index is 1.18. The minimum Gasteiger partial charge on any atom is -0.372 e. The molecule has 0 atom stereocenters. The fourth-order valence-corrected chi connectivity index (χ4v) is 3.13. The van der Waals surface area contributed by atoms with Gasteiger partial charge in [0.15, 0.2) is 0 Å². The zero-order valence-corrected chi connectivity index (χ0v) is 11.9. The van der Waals surface area contributed by atoms with E-state index < -0.39 is 0 Å². The summed E-state index contributed by atoms with van der Waals surface area (Å²) < 4.78 is 0. The van der Waals surface area contributed by atoms with Gasteiger partial charge in [0, 0.05) is 18.8 Å². The monoisotopic (exact) mass is 253 g/mol. The predicted octanol–water partition coefficient (Wildman–Crippen LogP) is 4.80. The summed E-state index contributed by atoms with van der Waals surface area (Å²) in [5.74, 6) is 0. The molecule has 3 rings (SSSR count). The van der Waals surface area contributed by atoms with E-state index in [1.54, 1.807) is 0 Å². The van der Waals surface area contributed by atoms with Crippen LogP contribution >= 0.6 is 0 Å².